The van der Waals surface area contributed by atoms with Crippen molar-refractivity contribution in [2.75, 3.05) is 7.11 Å². The molecule has 0 aromatic heterocycles. The van der Waals surface area contributed by atoms with Crippen molar-refractivity contribution in [3.05, 3.63) is 108 Å². The van der Waals surface area contributed by atoms with E-state index in [1.165, 1.54) is 22.4 Å². The highest BCUT2D eigenvalue weighted by molar-refractivity contribution is 7.07. The van der Waals surface area contributed by atoms with Crippen molar-refractivity contribution in [2.45, 2.75) is 44.3 Å². The molecule has 0 radical (unpaired) electrons. The van der Waals surface area contributed by atoms with Gasteiger partial charge in [0.2, 0.25) is 0 Å². The summed E-state index contributed by atoms with van der Waals surface area (Å²) >= 11 is 0. The lowest BCUT2D eigenvalue weighted by Gasteiger charge is -2.44. The summed E-state index contributed by atoms with van der Waals surface area (Å²) in [6.45, 7) is 2.41. The average molecular weight is 413 g/mol. The standard InChI is InChI=1S/C28H32OSi/c1-23-28(29-2)21-25(16-12-15-24-13-6-3-7-14-24)22-30(23,26-17-8-4-9-18-26)27-19-10-5-11-20-27/h3-11,13-14,17-20,22-23,28H,12,15-16,21H2,1-2H3. The van der Waals surface area contributed by atoms with Gasteiger partial charge >= 0.3 is 0 Å². The molecule has 0 spiro atoms. The molecule has 0 saturated heterocycles. The molecule has 0 amide bonds. The predicted molar refractivity (Wildman–Crippen MR) is 130 cm³/mol. The number of rotatable bonds is 7. The summed E-state index contributed by atoms with van der Waals surface area (Å²) in [7, 11) is -0.210. The topological polar surface area (TPSA) is 9.23 Å². The summed E-state index contributed by atoms with van der Waals surface area (Å²) < 4.78 is 6.09. The Morgan fingerprint density at radius 3 is 1.83 bits per heavy atom. The Hall–Kier alpha value is -2.42. The largest absolute Gasteiger partial charge is 0.381 e. The summed E-state index contributed by atoms with van der Waals surface area (Å²) in [5, 5.41) is 2.98. The molecule has 154 valence electrons. The third kappa shape index (κ3) is 4.21. The highest BCUT2D eigenvalue weighted by atomic mass is 28.3. The first kappa shape index (κ1) is 20.8. The van der Waals surface area contributed by atoms with Gasteiger partial charge in [-0.15, -0.1) is 0 Å². The van der Waals surface area contributed by atoms with Crippen LogP contribution >= 0.6 is 0 Å². The normalized spacial score (nSPS) is 20.5. The maximum Gasteiger partial charge on any atom is 0.146 e. The molecule has 3 aromatic carbocycles. The molecule has 0 saturated carbocycles. The van der Waals surface area contributed by atoms with Crippen LogP contribution in [-0.2, 0) is 11.2 Å². The molecule has 0 fully saturated rings. The Labute approximate surface area is 182 Å². The van der Waals surface area contributed by atoms with Crippen molar-refractivity contribution in [1.29, 1.82) is 0 Å². The molecule has 2 unspecified atom stereocenters. The monoisotopic (exact) mass is 412 g/mol. The van der Waals surface area contributed by atoms with E-state index < -0.39 is 8.07 Å². The van der Waals surface area contributed by atoms with E-state index >= 15 is 0 Å². The third-order valence-electron chi connectivity index (χ3n) is 6.78. The first-order chi connectivity index (χ1) is 14.7. The van der Waals surface area contributed by atoms with Gasteiger partial charge in [-0.25, -0.2) is 0 Å². The molecule has 2 atom stereocenters. The quantitative estimate of drug-likeness (QED) is 0.463. The lowest BCUT2D eigenvalue weighted by Crippen LogP contribution is -2.63. The number of aryl methyl sites for hydroxylation is 1. The van der Waals surface area contributed by atoms with Gasteiger partial charge in [0, 0.05) is 7.11 Å². The SMILES string of the molecule is COC1CC(CCCc2ccccc2)=C[Si](c2ccccc2)(c2ccccc2)C1C. The van der Waals surface area contributed by atoms with Crippen LogP contribution in [0.1, 0.15) is 31.7 Å². The van der Waals surface area contributed by atoms with Gasteiger partial charge in [0.15, 0.2) is 0 Å². The van der Waals surface area contributed by atoms with Gasteiger partial charge in [0.25, 0.3) is 0 Å². The van der Waals surface area contributed by atoms with Crippen molar-refractivity contribution in [2.24, 2.45) is 0 Å². The summed E-state index contributed by atoms with van der Waals surface area (Å²) in [4.78, 5) is 0. The molecular formula is C28H32OSi. The Morgan fingerprint density at radius 1 is 0.767 bits per heavy atom. The highest BCUT2D eigenvalue weighted by Gasteiger charge is 2.47. The molecule has 1 aliphatic heterocycles. The van der Waals surface area contributed by atoms with Crippen molar-refractivity contribution < 1.29 is 4.74 Å². The average Bonchev–Trinajstić information content (AvgIpc) is 2.82. The fraction of sp³-hybridized carbons (Fsp3) is 0.286. The first-order valence-electron chi connectivity index (χ1n) is 11.1. The van der Waals surface area contributed by atoms with Gasteiger partial charge in [-0.05, 0) is 47.2 Å². The van der Waals surface area contributed by atoms with E-state index in [0.717, 1.165) is 19.3 Å². The smallest absolute Gasteiger partial charge is 0.146 e. The van der Waals surface area contributed by atoms with Crippen LogP contribution in [0.2, 0.25) is 5.54 Å². The van der Waals surface area contributed by atoms with Crippen LogP contribution in [0.15, 0.2) is 102 Å². The maximum atomic E-state index is 6.09. The van der Waals surface area contributed by atoms with Crippen LogP contribution in [0.3, 0.4) is 0 Å². The zero-order chi connectivity index (χ0) is 20.8. The lowest BCUT2D eigenvalue weighted by atomic mass is 9.99. The molecule has 1 nitrogen and oxygen atoms in total. The van der Waals surface area contributed by atoms with Crippen LogP contribution in [-0.4, -0.2) is 21.3 Å². The molecule has 2 heteroatoms. The van der Waals surface area contributed by atoms with Crippen LogP contribution in [0, 0.1) is 0 Å². The van der Waals surface area contributed by atoms with E-state index in [4.69, 9.17) is 4.74 Å². The van der Waals surface area contributed by atoms with Crippen molar-refractivity contribution in [3.8, 4) is 0 Å². The summed E-state index contributed by atoms with van der Waals surface area (Å²) in [6.07, 6.45) is 4.80. The van der Waals surface area contributed by atoms with Crippen molar-refractivity contribution in [1.82, 2.24) is 0 Å². The fourth-order valence-electron chi connectivity index (χ4n) is 5.15. The Kier molecular flexibility index (Phi) is 6.66. The second kappa shape index (κ2) is 9.59. The van der Waals surface area contributed by atoms with E-state index in [1.54, 1.807) is 5.57 Å². The maximum absolute atomic E-state index is 6.09. The number of benzene rings is 3. The molecule has 1 aliphatic rings. The Balaban J connectivity index is 1.71. The Bertz CT molecular complexity index is 910. The van der Waals surface area contributed by atoms with E-state index in [2.05, 4.69) is 104 Å². The van der Waals surface area contributed by atoms with E-state index in [-0.39, 0.29) is 6.10 Å². The molecule has 0 bridgehead atoms. The molecule has 4 rings (SSSR count). The minimum absolute atomic E-state index is 0.272. The molecule has 0 aliphatic carbocycles. The number of ether oxygens (including phenoxy) is 1. The van der Waals surface area contributed by atoms with Crippen LogP contribution < -0.4 is 10.4 Å². The number of hydrogen-bond acceptors (Lipinski definition) is 1. The molecule has 0 N–H and O–H groups in total. The molecule has 30 heavy (non-hydrogen) atoms. The minimum Gasteiger partial charge on any atom is -0.381 e. The number of methoxy groups -OCH3 is 1. The van der Waals surface area contributed by atoms with Crippen LogP contribution in [0.25, 0.3) is 0 Å². The zero-order valence-electron chi connectivity index (χ0n) is 18.1. The van der Waals surface area contributed by atoms with Gasteiger partial charge < -0.3 is 4.74 Å². The van der Waals surface area contributed by atoms with Crippen molar-refractivity contribution in [3.63, 3.8) is 0 Å². The van der Waals surface area contributed by atoms with E-state index in [1.807, 2.05) is 7.11 Å². The Morgan fingerprint density at radius 2 is 1.30 bits per heavy atom. The first-order valence-corrected chi connectivity index (χ1v) is 13.3. The summed E-state index contributed by atoms with van der Waals surface area (Å²) in [6, 6.07) is 33.2. The third-order valence-corrected chi connectivity index (χ3v) is 12.0. The zero-order valence-corrected chi connectivity index (χ0v) is 19.1. The molecule has 3 aromatic rings. The van der Waals surface area contributed by atoms with Gasteiger partial charge in [0.05, 0.1) is 6.10 Å². The molecular weight excluding hydrogens is 380 g/mol. The minimum atomic E-state index is -2.10. The predicted octanol–water partition coefficient (Wildman–Crippen LogP) is 5.55. The molecule has 1 heterocycles. The number of hydrogen-bond donors (Lipinski definition) is 0. The van der Waals surface area contributed by atoms with Gasteiger partial charge in [0.1, 0.15) is 8.07 Å². The summed E-state index contributed by atoms with van der Waals surface area (Å²) in [5.41, 5.74) is 6.21. The van der Waals surface area contributed by atoms with Gasteiger partial charge in [-0.2, -0.15) is 0 Å². The van der Waals surface area contributed by atoms with Crippen LogP contribution in [0.5, 0.6) is 0 Å². The lowest BCUT2D eigenvalue weighted by molar-refractivity contribution is 0.0963. The van der Waals surface area contributed by atoms with Gasteiger partial charge in [-0.3, -0.25) is 0 Å². The second-order valence-corrected chi connectivity index (χ2v) is 12.6. The van der Waals surface area contributed by atoms with Gasteiger partial charge in [-0.1, -0.05) is 109 Å². The summed E-state index contributed by atoms with van der Waals surface area (Å²) in [5.74, 6) is 0. The van der Waals surface area contributed by atoms with Crippen molar-refractivity contribution >= 4 is 18.4 Å². The highest BCUT2D eigenvalue weighted by Crippen LogP contribution is 2.38. The second-order valence-electron chi connectivity index (χ2n) is 8.51. The van der Waals surface area contributed by atoms with E-state index in [9.17, 15) is 0 Å². The van der Waals surface area contributed by atoms with E-state index in [0.29, 0.717) is 5.54 Å². The van der Waals surface area contributed by atoms with Crippen LogP contribution in [0.4, 0.5) is 0 Å². The fourth-order valence-corrected chi connectivity index (χ4v) is 10.4.